The normalized spacial score (nSPS) is 10.5. The van der Waals surface area contributed by atoms with Crippen LogP contribution >= 0.6 is 27.5 Å². The van der Waals surface area contributed by atoms with Crippen LogP contribution < -0.4 is 16.0 Å². The topological polar surface area (TPSA) is 77.5 Å². The van der Waals surface area contributed by atoms with Gasteiger partial charge >= 0.3 is 0 Å². The highest BCUT2D eigenvalue weighted by atomic mass is 79.9. The number of nitrogen functional groups attached to an aromatic ring is 1. The van der Waals surface area contributed by atoms with Gasteiger partial charge in [-0.2, -0.15) is 0 Å². The number of nitrogens with one attached hydrogen (secondary N) is 1. The van der Waals surface area contributed by atoms with E-state index in [0.717, 1.165) is 10.0 Å². The van der Waals surface area contributed by atoms with Crippen molar-refractivity contribution in [3.63, 3.8) is 0 Å². The molecule has 2 aromatic rings. The van der Waals surface area contributed by atoms with E-state index < -0.39 is 5.91 Å². The van der Waals surface area contributed by atoms with Gasteiger partial charge in [0.05, 0.1) is 10.6 Å². The lowest BCUT2D eigenvalue weighted by Gasteiger charge is -2.10. The van der Waals surface area contributed by atoms with Gasteiger partial charge in [0.15, 0.2) is 0 Å². The molecule has 1 heterocycles. The number of amides is 1. The highest BCUT2D eigenvalue weighted by Crippen LogP contribution is 2.32. The zero-order valence-corrected chi connectivity index (χ0v) is 13.8. The van der Waals surface area contributed by atoms with Crippen molar-refractivity contribution in [1.29, 1.82) is 0 Å². The van der Waals surface area contributed by atoms with Gasteiger partial charge in [0.25, 0.3) is 5.91 Å². The van der Waals surface area contributed by atoms with Gasteiger partial charge in [0.2, 0.25) is 0 Å². The van der Waals surface area contributed by atoms with Gasteiger partial charge in [-0.05, 0) is 37.6 Å². The molecule has 0 fully saturated rings. The molecule has 1 amide bonds. The minimum Gasteiger partial charge on any atom is -0.484 e. The zero-order chi connectivity index (χ0) is 15.6. The van der Waals surface area contributed by atoms with Gasteiger partial charge in [-0.15, -0.1) is 0 Å². The predicted octanol–water partition coefficient (Wildman–Crippen LogP) is 3.49. The van der Waals surface area contributed by atoms with E-state index in [-0.39, 0.29) is 6.61 Å². The summed E-state index contributed by atoms with van der Waals surface area (Å²) in [5.74, 6) is 6.29. The monoisotopic (exact) mass is 372 g/mol. The smallest absolute Gasteiger partial charge is 0.268 e. The van der Waals surface area contributed by atoms with Crippen molar-refractivity contribution in [2.24, 2.45) is 5.84 Å². The fourth-order valence-electron chi connectivity index (χ4n) is 1.93. The maximum atomic E-state index is 11.5. The van der Waals surface area contributed by atoms with Crippen LogP contribution in [0.25, 0.3) is 0 Å². The number of hydrogen-bond donors (Lipinski definition) is 2. The summed E-state index contributed by atoms with van der Waals surface area (Å²) in [5.41, 5.74) is 3.35. The predicted molar refractivity (Wildman–Crippen MR) is 83.3 cm³/mol. The molecule has 0 saturated carbocycles. The number of carbonyl (C=O) groups excluding carboxylic acids is 1. The highest BCUT2D eigenvalue weighted by molar-refractivity contribution is 9.10. The number of halogens is 2. The van der Waals surface area contributed by atoms with Crippen LogP contribution in [-0.4, -0.2) is 5.91 Å². The van der Waals surface area contributed by atoms with Gasteiger partial charge in [0.1, 0.15) is 23.9 Å². The fourth-order valence-corrected chi connectivity index (χ4v) is 2.96. The van der Waals surface area contributed by atoms with Crippen molar-refractivity contribution < 1.29 is 13.9 Å². The Kier molecular flexibility index (Phi) is 4.92. The molecule has 112 valence electrons. The molecule has 21 heavy (non-hydrogen) atoms. The quantitative estimate of drug-likeness (QED) is 0.488. The van der Waals surface area contributed by atoms with E-state index in [1.807, 2.05) is 13.0 Å². The van der Waals surface area contributed by atoms with E-state index in [9.17, 15) is 4.79 Å². The van der Waals surface area contributed by atoms with Crippen molar-refractivity contribution in [2.75, 3.05) is 0 Å². The Morgan fingerprint density at radius 3 is 2.76 bits per heavy atom. The first-order valence-electron chi connectivity index (χ1n) is 6.11. The van der Waals surface area contributed by atoms with E-state index in [4.69, 9.17) is 26.6 Å². The van der Waals surface area contributed by atoms with E-state index in [1.165, 1.54) is 0 Å². The van der Waals surface area contributed by atoms with Gasteiger partial charge < -0.3 is 9.15 Å². The first kappa shape index (κ1) is 15.9. The second kappa shape index (κ2) is 6.51. The molecule has 0 aliphatic rings. The fraction of sp³-hybridized carbons (Fsp3) is 0.214. The molecule has 7 heteroatoms. The summed E-state index contributed by atoms with van der Waals surface area (Å²) in [6, 6.07) is 5.26. The van der Waals surface area contributed by atoms with Crippen LogP contribution in [0, 0.1) is 13.8 Å². The molecule has 3 N–H and O–H groups in total. The first-order chi connectivity index (χ1) is 9.92. The molecular weight excluding hydrogens is 360 g/mol. The molecule has 0 aliphatic heterocycles. The van der Waals surface area contributed by atoms with E-state index in [2.05, 4.69) is 21.4 Å². The Bertz CT molecular complexity index is 662. The molecule has 0 saturated heterocycles. The summed E-state index contributed by atoms with van der Waals surface area (Å²) in [6.07, 6.45) is 0. The van der Waals surface area contributed by atoms with Crippen LogP contribution in [0.15, 0.2) is 27.1 Å². The molecule has 1 aromatic heterocycles. The third kappa shape index (κ3) is 3.58. The van der Waals surface area contributed by atoms with Crippen LogP contribution in [0.1, 0.15) is 27.4 Å². The van der Waals surface area contributed by atoms with E-state index in [1.54, 1.807) is 19.1 Å². The molecule has 0 spiro atoms. The third-order valence-electron chi connectivity index (χ3n) is 2.90. The van der Waals surface area contributed by atoms with E-state index in [0.29, 0.717) is 27.9 Å². The summed E-state index contributed by atoms with van der Waals surface area (Å²) in [5, 5.41) is 0.505. The second-order valence-electron chi connectivity index (χ2n) is 4.48. The first-order valence-corrected chi connectivity index (χ1v) is 7.28. The van der Waals surface area contributed by atoms with Crippen molar-refractivity contribution >= 4 is 33.4 Å². The lowest BCUT2D eigenvalue weighted by molar-refractivity contribution is 0.0952. The number of carbonyl (C=O) groups is 1. The number of furan rings is 1. The van der Waals surface area contributed by atoms with Crippen LogP contribution in [0.4, 0.5) is 0 Å². The summed E-state index contributed by atoms with van der Waals surface area (Å²) < 4.78 is 12.0. The van der Waals surface area contributed by atoms with Gasteiger partial charge in [-0.1, -0.05) is 27.5 Å². The number of benzene rings is 1. The number of hydrogen-bond acceptors (Lipinski definition) is 4. The van der Waals surface area contributed by atoms with E-state index >= 15 is 0 Å². The van der Waals surface area contributed by atoms with Crippen LogP contribution in [0.3, 0.4) is 0 Å². The van der Waals surface area contributed by atoms with Crippen molar-refractivity contribution in [3.8, 4) is 5.75 Å². The molecule has 1 aromatic carbocycles. The average molecular weight is 374 g/mol. The van der Waals surface area contributed by atoms with Crippen LogP contribution in [0.2, 0.25) is 5.02 Å². The lowest BCUT2D eigenvalue weighted by Crippen LogP contribution is -2.30. The largest absolute Gasteiger partial charge is 0.484 e. The molecule has 0 aliphatic carbocycles. The number of aryl methyl sites for hydroxylation is 2. The number of hydrazine groups is 1. The summed E-state index contributed by atoms with van der Waals surface area (Å²) in [4.78, 5) is 11.5. The number of rotatable bonds is 4. The Balaban J connectivity index is 2.16. The molecule has 2 rings (SSSR count). The summed E-state index contributed by atoms with van der Waals surface area (Å²) >= 11 is 9.51. The minimum absolute atomic E-state index is 0.168. The Morgan fingerprint density at radius 2 is 2.14 bits per heavy atom. The van der Waals surface area contributed by atoms with Crippen molar-refractivity contribution in [2.45, 2.75) is 20.5 Å². The Hall–Kier alpha value is -1.50. The lowest BCUT2D eigenvalue weighted by atomic mass is 10.2. The summed E-state index contributed by atoms with van der Waals surface area (Å²) in [7, 11) is 0. The average Bonchev–Trinajstić information content (AvgIpc) is 2.78. The van der Waals surface area contributed by atoms with Crippen molar-refractivity contribution in [3.05, 3.63) is 50.3 Å². The van der Waals surface area contributed by atoms with Crippen molar-refractivity contribution in [1.82, 2.24) is 5.43 Å². The molecular formula is C14H14BrClN2O3. The molecule has 0 bridgehead atoms. The van der Waals surface area contributed by atoms with Gasteiger partial charge in [0, 0.05) is 4.47 Å². The highest BCUT2D eigenvalue weighted by Gasteiger charge is 2.15. The Morgan fingerprint density at radius 1 is 1.43 bits per heavy atom. The summed E-state index contributed by atoms with van der Waals surface area (Å²) in [6.45, 7) is 3.75. The molecule has 0 unspecified atom stereocenters. The third-order valence-corrected chi connectivity index (χ3v) is 3.64. The zero-order valence-electron chi connectivity index (χ0n) is 11.5. The SMILES string of the molecule is Cc1cc(Br)cc(Cl)c1OCc1cc(C(=O)NN)c(C)o1. The van der Waals surface area contributed by atoms with Gasteiger partial charge in [-0.3, -0.25) is 10.2 Å². The second-order valence-corrected chi connectivity index (χ2v) is 5.80. The number of nitrogens with two attached hydrogens (primary N) is 1. The van der Waals surface area contributed by atoms with Gasteiger partial charge in [-0.25, -0.2) is 5.84 Å². The molecule has 0 atom stereocenters. The molecule has 0 radical (unpaired) electrons. The minimum atomic E-state index is -0.402. The Labute approximate surface area is 135 Å². The van der Waals surface area contributed by atoms with Crippen LogP contribution in [0.5, 0.6) is 5.75 Å². The molecule has 5 nitrogen and oxygen atoms in total. The van der Waals surface area contributed by atoms with Crippen LogP contribution in [-0.2, 0) is 6.61 Å². The maximum absolute atomic E-state index is 11.5. The number of ether oxygens (including phenoxy) is 1. The maximum Gasteiger partial charge on any atom is 0.268 e. The standard InChI is InChI=1S/C14H14BrClN2O3/c1-7-3-9(15)4-12(16)13(7)20-6-10-5-11(8(2)21-10)14(19)18-17/h3-5H,6,17H2,1-2H3,(H,18,19).